The Labute approximate surface area is 174 Å². The van der Waals surface area contributed by atoms with Gasteiger partial charge in [0, 0.05) is 17.9 Å². The van der Waals surface area contributed by atoms with Gasteiger partial charge in [-0.25, -0.2) is 0 Å². The van der Waals surface area contributed by atoms with Crippen LogP contribution in [0.1, 0.15) is 85.1 Å². The van der Waals surface area contributed by atoms with Crippen molar-refractivity contribution >= 4 is 28.9 Å². The average molecular weight is 405 g/mol. The molecule has 154 valence electrons. The lowest BCUT2D eigenvalue weighted by Crippen LogP contribution is -2.31. The summed E-state index contributed by atoms with van der Waals surface area (Å²) in [6.07, 6.45) is 6.26. The van der Waals surface area contributed by atoms with Crippen molar-refractivity contribution in [2.24, 2.45) is 10.8 Å². The van der Waals surface area contributed by atoms with Crippen LogP contribution in [0.3, 0.4) is 0 Å². The minimum atomic E-state index is -0.573. The monoisotopic (exact) mass is 404 g/mol. The van der Waals surface area contributed by atoms with E-state index in [9.17, 15) is 9.59 Å². The maximum Gasteiger partial charge on any atom is 0.316 e. The maximum absolute atomic E-state index is 13.0. The molecule has 0 saturated carbocycles. The fourth-order valence-electron chi connectivity index (χ4n) is 3.64. The first-order valence-electron chi connectivity index (χ1n) is 10.3. The first-order valence-corrected chi connectivity index (χ1v) is 10.7. The predicted octanol–water partition coefficient (Wildman–Crippen LogP) is 6.98. The van der Waals surface area contributed by atoms with Gasteiger partial charge in [-0.2, -0.15) is 0 Å². The van der Waals surface area contributed by atoms with Gasteiger partial charge in [0.1, 0.15) is 5.76 Å². The number of Topliss-reactive ketones (excluding diaryl/α,β-unsaturated/α-hetero) is 1. The van der Waals surface area contributed by atoms with Crippen LogP contribution in [0.5, 0.6) is 0 Å². The third kappa shape index (κ3) is 5.94. The molecular weight excluding hydrogens is 372 g/mol. The number of hydrogen-bond donors (Lipinski definition) is 0. The summed E-state index contributed by atoms with van der Waals surface area (Å²) in [5, 5.41) is 0.611. The first-order chi connectivity index (χ1) is 13.1. The van der Waals surface area contributed by atoms with Crippen molar-refractivity contribution in [3.63, 3.8) is 0 Å². The molecule has 0 N–H and O–H groups in total. The molecule has 0 spiro atoms. The number of benzene rings is 1. The van der Waals surface area contributed by atoms with Gasteiger partial charge in [-0.3, -0.25) is 9.59 Å². The molecule has 28 heavy (non-hydrogen) atoms. The molecule has 0 bridgehead atoms. The second-order valence-corrected chi connectivity index (χ2v) is 9.77. The van der Waals surface area contributed by atoms with E-state index >= 15 is 0 Å². The molecule has 1 aromatic rings. The van der Waals surface area contributed by atoms with Gasteiger partial charge in [-0.1, -0.05) is 70.2 Å². The Morgan fingerprint density at radius 3 is 2.36 bits per heavy atom. The van der Waals surface area contributed by atoms with Crippen LogP contribution in [0.2, 0.25) is 5.02 Å². The molecule has 1 aliphatic rings. The van der Waals surface area contributed by atoms with E-state index in [4.69, 9.17) is 16.3 Å². The highest BCUT2D eigenvalue weighted by Gasteiger charge is 2.38. The predicted molar refractivity (Wildman–Crippen MR) is 115 cm³/mol. The van der Waals surface area contributed by atoms with Gasteiger partial charge in [0.05, 0.1) is 11.0 Å². The molecular formula is C24H33ClO3. The van der Waals surface area contributed by atoms with Crippen LogP contribution >= 0.6 is 11.6 Å². The van der Waals surface area contributed by atoms with Gasteiger partial charge in [0.25, 0.3) is 0 Å². The molecule has 0 aliphatic heterocycles. The van der Waals surface area contributed by atoms with E-state index in [0.29, 0.717) is 29.2 Å². The van der Waals surface area contributed by atoms with Crippen LogP contribution in [0.4, 0.5) is 0 Å². The van der Waals surface area contributed by atoms with E-state index in [-0.39, 0.29) is 17.2 Å². The van der Waals surface area contributed by atoms with Crippen LogP contribution in [-0.4, -0.2) is 11.8 Å². The Hall–Kier alpha value is -1.61. The van der Waals surface area contributed by atoms with E-state index in [1.54, 1.807) is 12.1 Å². The summed E-state index contributed by atoms with van der Waals surface area (Å²) in [4.78, 5) is 25.9. The van der Waals surface area contributed by atoms with E-state index in [0.717, 1.165) is 24.8 Å². The third-order valence-electron chi connectivity index (χ3n) is 5.39. The Balaban J connectivity index is 2.28. The Kier molecular flexibility index (Phi) is 7.50. The normalized spacial score (nSPS) is 17.0. The molecule has 0 atom stereocenters. The largest absolute Gasteiger partial charge is 0.430 e. The van der Waals surface area contributed by atoms with E-state index in [1.807, 2.05) is 39.8 Å². The number of rotatable bonds is 8. The van der Waals surface area contributed by atoms with Gasteiger partial charge >= 0.3 is 5.97 Å². The average Bonchev–Trinajstić information content (AvgIpc) is 2.59. The van der Waals surface area contributed by atoms with Crippen molar-refractivity contribution in [2.75, 3.05) is 0 Å². The molecule has 0 amide bonds. The second kappa shape index (κ2) is 9.26. The standard InChI is InChI=1S/C24H33ClO3/c1-6-7-8-9-14-24(4,5)22(27)28-20-16-23(2,3)15-19(26)21(20)17-10-12-18(25)13-11-17/h10-13H,6-9,14-16H2,1-5H3. The summed E-state index contributed by atoms with van der Waals surface area (Å²) in [7, 11) is 0. The summed E-state index contributed by atoms with van der Waals surface area (Å²) < 4.78 is 5.90. The Bertz CT molecular complexity index is 742. The van der Waals surface area contributed by atoms with Crippen LogP contribution in [0, 0.1) is 10.8 Å². The van der Waals surface area contributed by atoms with Crippen molar-refractivity contribution in [1.29, 1.82) is 0 Å². The summed E-state index contributed by atoms with van der Waals surface area (Å²) >= 11 is 6.00. The lowest BCUT2D eigenvalue weighted by atomic mass is 9.75. The van der Waals surface area contributed by atoms with Crippen molar-refractivity contribution < 1.29 is 14.3 Å². The molecule has 2 rings (SSSR count). The molecule has 1 aromatic carbocycles. The highest BCUT2D eigenvalue weighted by atomic mass is 35.5. The Morgan fingerprint density at radius 2 is 1.75 bits per heavy atom. The molecule has 0 saturated heterocycles. The van der Waals surface area contributed by atoms with Crippen LogP contribution < -0.4 is 0 Å². The van der Waals surface area contributed by atoms with Gasteiger partial charge in [0.15, 0.2) is 5.78 Å². The van der Waals surface area contributed by atoms with E-state index < -0.39 is 5.41 Å². The smallest absolute Gasteiger partial charge is 0.316 e. The lowest BCUT2D eigenvalue weighted by Gasteiger charge is -2.33. The summed E-state index contributed by atoms with van der Waals surface area (Å²) in [6, 6.07) is 7.15. The van der Waals surface area contributed by atoms with Crippen LogP contribution in [0.15, 0.2) is 30.0 Å². The quantitative estimate of drug-likeness (QED) is 0.346. The van der Waals surface area contributed by atoms with Crippen LogP contribution in [-0.2, 0) is 14.3 Å². The molecule has 0 fully saturated rings. The molecule has 0 unspecified atom stereocenters. The SMILES string of the molecule is CCCCCCC(C)(C)C(=O)OC1=C(c2ccc(Cl)cc2)C(=O)CC(C)(C)C1. The number of carbonyl (C=O) groups is 2. The summed E-state index contributed by atoms with van der Waals surface area (Å²) in [5.74, 6) is 0.258. The van der Waals surface area contributed by atoms with E-state index in [2.05, 4.69) is 6.92 Å². The topological polar surface area (TPSA) is 43.4 Å². The van der Waals surface area contributed by atoms with Gasteiger partial charge < -0.3 is 4.74 Å². The number of ketones is 1. The fourth-order valence-corrected chi connectivity index (χ4v) is 3.76. The number of carbonyl (C=O) groups excluding carboxylic acids is 2. The number of halogens is 1. The third-order valence-corrected chi connectivity index (χ3v) is 5.64. The minimum absolute atomic E-state index is 0.0159. The zero-order valence-electron chi connectivity index (χ0n) is 17.9. The number of unbranched alkanes of at least 4 members (excludes halogenated alkanes) is 3. The molecule has 4 heteroatoms. The number of allylic oxidation sites excluding steroid dienone is 2. The summed E-state index contributed by atoms with van der Waals surface area (Å²) in [5.41, 5.74) is 0.476. The van der Waals surface area contributed by atoms with Crippen molar-refractivity contribution in [2.45, 2.75) is 79.6 Å². The van der Waals surface area contributed by atoms with Crippen LogP contribution in [0.25, 0.3) is 5.57 Å². The highest BCUT2D eigenvalue weighted by Crippen LogP contribution is 2.42. The minimum Gasteiger partial charge on any atom is -0.430 e. The second-order valence-electron chi connectivity index (χ2n) is 9.33. The zero-order valence-corrected chi connectivity index (χ0v) is 18.6. The number of hydrogen-bond acceptors (Lipinski definition) is 3. The maximum atomic E-state index is 13.0. The molecule has 3 nitrogen and oxygen atoms in total. The zero-order chi connectivity index (χ0) is 20.9. The lowest BCUT2D eigenvalue weighted by molar-refractivity contribution is -0.150. The van der Waals surface area contributed by atoms with Crippen molar-refractivity contribution in [3.8, 4) is 0 Å². The van der Waals surface area contributed by atoms with Gasteiger partial charge in [0.2, 0.25) is 0 Å². The molecule has 0 aromatic heterocycles. The van der Waals surface area contributed by atoms with E-state index in [1.165, 1.54) is 12.8 Å². The molecule has 0 heterocycles. The summed E-state index contributed by atoms with van der Waals surface area (Å²) in [6.45, 7) is 10.1. The van der Waals surface area contributed by atoms with Crippen molar-refractivity contribution in [3.05, 3.63) is 40.6 Å². The number of esters is 1. The highest BCUT2D eigenvalue weighted by molar-refractivity contribution is 6.30. The fraction of sp³-hybridized carbons (Fsp3) is 0.583. The molecule has 0 radical (unpaired) electrons. The van der Waals surface area contributed by atoms with Gasteiger partial charge in [-0.05, 0) is 43.4 Å². The first kappa shape index (κ1) is 22.7. The molecule has 1 aliphatic carbocycles. The van der Waals surface area contributed by atoms with Gasteiger partial charge in [-0.15, -0.1) is 0 Å². The van der Waals surface area contributed by atoms with Crippen molar-refractivity contribution in [1.82, 2.24) is 0 Å². The number of ether oxygens (including phenoxy) is 1. The Morgan fingerprint density at radius 1 is 1.11 bits per heavy atom.